The summed E-state index contributed by atoms with van der Waals surface area (Å²) in [6.07, 6.45) is -0.844. The van der Waals surface area contributed by atoms with Crippen molar-refractivity contribution in [2.24, 2.45) is 5.92 Å². The van der Waals surface area contributed by atoms with Crippen LogP contribution in [-0.2, 0) is 19.6 Å². The molecule has 9 nitrogen and oxygen atoms in total. The highest BCUT2D eigenvalue weighted by Gasteiger charge is 2.28. The summed E-state index contributed by atoms with van der Waals surface area (Å²) in [5.41, 5.74) is 1.32. The van der Waals surface area contributed by atoms with E-state index in [2.05, 4.69) is 10.0 Å². The second-order valence-electron chi connectivity index (χ2n) is 7.73. The third kappa shape index (κ3) is 4.97. The molecule has 10 heteroatoms. The number of carbonyl (C=O) groups is 2. The van der Waals surface area contributed by atoms with Gasteiger partial charge in [-0.3, -0.25) is 10.1 Å². The lowest BCUT2D eigenvalue weighted by Gasteiger charge is -2.17. The summed E-state index contributed by atoms with van der Waals surface area (Å²) in [6, 6.07) is 8.06. The number of sulfonamides is 1. The molecule has 0 aliphatic heterocycles. The van der Waals surface area contributed by atoms with Crippen LogP contribution in [0.1, 0.15) is 27.7 Å². The highest BCUT2D eigenvalue weighted by molar-refractivity contribution is 7.89. The van der Waals surface area contributed by atoms with Crippen LogP contribution >= 0.6 is 0 Å². The lowest BCUT2D eigenvalue weighted by Crippen LogP contribution is -2.44. The Bertz CT molecular complexity index is 1250. The van der Waals surface area contributed by atoms with Crippen molar-refractivity contribution in [1.29, 1.82) is 0 Å². The Balaban J connectivity index is 1.95. The zero-order valence-electron chi connectivity index (χ0n) is 17.5. The molecular formula is C21H24N2O7S. The zero-order valence-corrected chi connectivity index (χ0v) is 18.3. The number of anilines is 1. The van der Waals surface area contributed by atoms with Gasteiger partial charge in [-0.05, 0) is 50.1 Å². The minimum atomic E-state index is -4.08. The molecule has 0 spiro atoms. The fourth-order valence-corrected chi connectivity index (χ4v) is 4.42. The molecule has 0 fully saturated rings. The predicted molar refractivity (Wildman–Crippen MR) is 116 cm³/mol. The van der Waals surface area contributed by atoms with Crippen molar-refractivity contribution < 1.29 is 32.3 Å². The Morgan fingerprint density at radius 2 is 1.71 bits per heavy atom. The molecule has 166 valence electrons. The number of hydrogen-bond acceptors (Lipinski definition) is 6. The minimum absolute atomic E-state index is 0.107. The van der Waals surface area contributed by atoms with Gasteiger partial charge in [0.1, 0.15) is 17.2 Å². The number of amides is 1. The molecule has 0 radical (unpaired) electrons. The topological polar surface area (TPSA) is 135 Å². The van der Waals surface area contributed by atoms with E-state index in [0.717, 1.165) is 0 Å². The molecule has 0 unspecified atom stereocenters. The number of aliphatic carboxylic acids is 1. The maximum absolute atomic E-state index is 12.7. The number of hydrogen-bond donors (Lipinski definition) is 3. The highest BCUT2D eigenvalue weighted by Crippen LogP contribution is 2.32. The van der Waals surface area contributed by atoms with Gasteiger partial charge >= 0.3 is 12.1 Å². The molecular weight excluding hydrogens is 424 g/mol. The molecule has 3 aromatic rings. The Hall–Kier alpha value is -3.11. The van der Waals surface area contributed by atoms with Crippen LogP contribution in [0.4, 0.5) is 10.5 Å². The lowest BCUT2D eigenvalue weighted by atomic mass is 10.1. The number of ether oxygens (including phenoxy) is 1. The molecule has 1 atom stereocenters. The lowest BCUT2D eigenvalue weighted by molar-refractivity contribution is -0.140. The first kappa shape index (κ1) is 22.6. The van der Waals surface area contributed by atoms with Gasteiger partial charge in [-0.25, -0.2) is 13.2 Å². The van der Waals surface area contributed by atoms with Crippen molar-refractivity contribution in [3.8, 4) is 0 Å². The maximum atomic E-state index is 12.7. The average molecular weight is 448 g/mol. The largest absolute Gasteiger partial charge is 0.480 e. The van der Waals surface area contributed by atoms with Gasteiger partial charge in [-0.1, -0.05) is 13.8 Å². The van der Waals surface area contributed by atoms with Crippen LogP contribution < -0.4 is 10.0 Å². The molecule has 2 aromatic carbocycles. The predicted octanol–water partition coefficient (Wildman–Crippen LogP) is 3.93. The van der Waals surface area contributed by atoms with Gasteiger partial charge in [-0.2, -0.15) is 4.72 Å². The highest BCUT2D eigenvalue weighted by atomic mass is 32.2. The fourth-order valence-electron chi connectivity index (χ4n) is 3.07. The average Bonchev–Trinajstić information content (AvgIpc) is 3.02. The van der Waals surface area contributed by atoms with Crippen molar-refractivity contribution in [2.45, 2.75) is 44.7 Å². The first-order valence-electron chi connectivity index (χ1n) is 9.67. The van der Waals surface area contributed by atoms with Gasteiger partial charge in [0.05, 0.1) is 11.0 Å². The van der Waals surface area contributed by atoms with Crippen molar-refractivity contribution in [1.82, 2.24) is 4.72 Å². The summed E-state index contributed by atoms with van der Waals surface area (Å²) in [6.45, 7) is 6.72. The standard InChI is InChI=1S/C21H24N2O7S/c1-11(2)19(20(24)25)23-31(27,28)14-6-7-15-16-9-13(22-21(26)29-12(3)4)5-8-17(16)30-18(15)10-14/h5-12,19,23H,1-4H3,(H,22,26)(H,24,25)/t19-/m0/s1. The summed E-state index contributed by atoms with van der Waals surface area (Å²) in [4.78, 5) is 23.1. The van der Waals surface area contributed by atoms with Crippen LogP contribution in [0.5, 0.6) is 0 Å². The van der Waals surface area contributed by atoms with Crippen LogP contribution in [-0.4, -0.2) is 37.7 Å². The second-order valence-corrected chi connectivity index (χ2v) is 9.45. The first-order chi connectivity index (χ1) is 14.5. The van der Waals surface area contributed by atoms with Gasteiger partial charge in [0, 0.05) is 22.5 Å². The number of fused-ring (bicyclic) bond motifs is 3. The molecule has 0 saturated heterocycles. The van der Waals surface area contributed by atoms with E-state index >= 15 is 0 Å². The molecule has 3 rings (SSSR count). The number of furan rings is 1. The van der Waals surface area contributed by atoms with Crippen LogP contribution in [0.3, 0.4) is 0 Å². The Kier molecular flexibility index (Phi) is 6.23. The van der Waals surface area contributed by atoms with Gasteiger partial charge in [0.25, 0.3) is 0 Å². The van der Waals surface area contributed by atoms with Gasteiger partial charge < -0.3 is 14.3 Å². The Morgan fingerprint density at radius 1 is 1.00 bits per heavy atom. The van der Waals surface area contributed by atoms with Crippen LogP contribution in [0, 0.1) is 5.92 Å². The molecule has 1 aromatic heterocycles. The molecule has 0 aliphatic rings. The van der Waals surface area contributed by atoms with E-state index in [1.807, 2.05) is 0 Å². The smallest absolute Gasteiger partial charge is 0.411 e. The zero-order chi connectivity index (χ0) is 22.9. The van der Waals surface area contributed by atoms with Crippen molar-refractivity contribution in [3.63, 3.8) is 0 Å². The number of nitrogens with one attached hydrogen (secondary N) is 2. The molecule has 0 bridgehead atoms. The molecule has 0 saturated carbocycles. The molecule has 1 amide bonds. The van der Waals surface area contributed by atoms with Crippen LogP contribution in [0.15, 0.2) is 45.7 Å². The number of rotatable bonds is 7. The summed E-state index contributed by atoms with van der Waals surface area (Å²) < 4.78 is 38.4. The van der Waals surface area contributed by atoms with Crippen molar-refractivity contribution in [3.05, 3.63) is 36.4 Å². The van der Waals surface area contributed by atoms with Gasteiger partial charge in [0.2, 0.25) is 10.0 Å². The first-order valence-corrected chi connectivity index (χ1v) is 11.2. The fraction of sp³-hybridized carbons (Fsp3) is 0.333. The minimum Gasteiger partial charge on any atom is -0.480 e. The van der Waals surface area contributed by atoms with Gasteiger partial charge in [0.15, 0.2) is 0 Å². The quantitative estimate of drug-likeness (QED) is 0.498. The third-order valence-electron chi connectivity index (χ3n) is 4.56. The summed E-state index contributed by atoms with van der Waals surface area (Å²) >= 11 is 0. The van der Waals surface area contributed by atoms with E-state index in [9.17, 15) is 23.1 Å². The van der Waals surface area contributed by atoms with E-state index in [0.29, 0.717) is 27.6 Å². The molecule has 1 heterocycles. The monoisotopic (exact) mass is 448 g/mol. The van der Waals surface area contributed by atoms with E-state index in [1.165, 1.54) is 12.1 Å². The summed E-state index contributed by atoms with van der Waals surface area (Å²) in [7, 11) is -4.08. The Morgan fingerprint density at radius 3 is 2.32 bits per heavy atom. The third-order valence-corrected chi connectivity index (χ3v) is 6.00. The summed E-state index contributed by atoms with van der Waals surface area (Å²) in [5.74, 6) is -1.69. The SMILES string of the molecule is CC(C)OC(=O)Nc1ccc2oc3cc(S(=O)(=O)N[C@H](C(=O)O)C(C)C)ccc3c2c1. The summed E-state index contributed by atoms with van der Waals surface area (Å²) in [5, 5.41) is 13.2. The normalized spacial score (nSPS) is 13.1. The molecule has 3 N–H and O–H groups in total. The second kappa shape index (κ2) is 8.56. The maximum Gasteiger partial charge on any atom is 0.411 e. The van der Waals surface area contributed by atoms with Crippen molar-refractivity contribution >= 4 is 49.7 Å². The van der Waals surface area contributed by atoms with E-state index in [4.69, 9.17) is 9.15 Å². The molecule has 31 heavy (non-hydrogen) atoms. The molecule has 0 aliphatic carbocycles. The number of benzene rings is 2. The van der Waals surface area contributed by atoms with E-state index in [1.54, 1.807) is 52.0 Å². The van der Waals surface area contributed by atoms with Gasteiger partial charge in [-0.15, -0.1) is 0 Å². The van der Waals surface area contributed by atoms with Crippen molar-refractivity contribution in [2.75, 3.05) is 5.32 Å². The van der Waals surface area contributed by atoms with E-state index < -0.39 is 34.0 Å². The number of carbonyl (C=O) groups excluding carboxylic acids is 1. The number of carboxylic acids is 1. The Labute approximate surface area is 179 Å². The van der Waals surface area contributed by atoms with E-state index in [-0.39, 0.29) is 11.0 Å². The van der Waals surface area contributed by atoms with Crippen LogP contribution in [0.25, 0.3) is 21.9 Å². The number of carboxylic acid groups (broad SMARTS) is 1. The van der Waals surface area contributed by atoms with Crippen LogP contribution in [0.2, 0.25) is 0 Å².